The average Bonchev–Trinajstić information content (AvgIpc) is 2.13. The molecule has 0 fully saturated rings. The molecule has 0 aliphatic carbocycles. The van der Waals surface area contributed by atoms with E-state index in [-0.39, 0.29) is 50.6 Å². The minimum absolute atomic E-state index is 0. The molecule has 0 rings (SSSR count). The predicted octanol–water partition coefficient (Wildman–Crippen LogP) is -3.58. The van der Waals surface area contributed by atoms with Gasteiger partial charge in [0.2, 0.25) is 0 Å². The molecule has 0 saturated heterocycles. The molecule has 0 aliphatic heterocycles. The third-order valence-electron chi connectivity index (χ3n) is 1.99. The van der Waals surface area contributed by atoms with Crippen molar-refractivity contribution in [2.75, 3.05) is 0 Å². The zero-order valence-corrected chi connectivity index (χ0v) is 15.1. The Morgan fingerprint density at radius 3 is 1.05 bits per heavy atom. The molecule has 2 unspecified atom stereocenters. The Bertz CT molecular complexity index is 487. The van der Waals surface area contributed by atoms with Gasteiger partial charge in [-0.05, 0) is 12.8 Å². The molecule has 0 aliphatic rings. The molecule has 2 atom stereocenters. The first-order valence-electron chi connectivity index (χ1n) is 5.13. The third-order valence-corrected chi connectivity index (χ3v) is 4.48. The molecule has 120 valence electrons. The minimum atomic E-state index is -4.48. The molecule has 0 amide bonds. The number of aliphatic carboxylic acids is 2. The van der Waals surface area contributed by atoms with Gasteiger partial charge in [-0.3, -0.25) is 9.11 Å². The second kappa shape index (κ2) is 10.7. The van der Waals surface area contributed by atoms with E-state index in [0.717, 1.165) is 0 Å². The van der Waals surface area contributed by atoms with Crippen LogP contribution in [-0.2, 0) is 29.8 Å². The number of carbonyl (C=O) groups excluding carboxylic acids is 2. The van der Waals surface area contributed by atoms with Crippen molar-refractivity contribution < 1.29 is 45.7 Å². The fourth-order valence-corrected chi connectivity index (χ4v) is 2.33. The first-order chi connectivity index (χ1) is 8.78. The van der Waals surface area contributed by atoms with Crippen molar-refractivity contribution in [3.05, 3.63) is 0 Å². The van der Waals surface area contributed by atoms with Crippen LogP contribution in [0.2, 0.25) is 0 Å². The topological polar surface area (TPSA) is 189 Å². The van der Waals surface area contributed by atoms with E-state index in [2.05, 4.69) is 0 Å². The zero-order chi connectivity index (χ0) is 16.7. The van der Waals surface area contributed by atoms with Gasteiger partial charge in [-0.2, -0.15) is 16.8 Å². The molecular formula is C8H14CaO10S2. The summed E-state index contributed by atoms with van der Waals surface area (Å²) in [6.45, 7) is 2.66. The van der Waals surface area contributed by atoms with Gasteiger partial charge in [-0.1, -0.05) is 13.8 Å². The summed E-state index contributed by atoms with van der Waals surface area (Å²) in [7, 11) is -8.95. The van der Waals surface area contributed by atoms with Crippen molar-refractivity contribution in [3.63, 3.8) is 0 Å². The van der Waals surface area contributed by atoms with Crippen molar-refractivity contribution in [3.8, 4) is 0 Å². The molecule has 0 radical (unpaired) electrons. The summed E-state index contributed by atoms with van der Waals surface area (Å²) in [6.07, 6.45) is -0.387. The Kier molecular flexibility index (Phi) is 13.2. The van der Waals surface area contributed by atoms with Gasteiger partial charge in [0.1, 0.15) is 10.5 Å². The molecule has 0 aromatic heterocycles. The van der Waals surface area contributed by atoms with E-state index in [1.165, 1.54) is 13.8 Å². The SMILES string of the molecule is CCC(C(=O)[O-])S(=O)(=O)O.CCC(C(=O)[O-])S(=O)(=O)O.[Ca+2]. The van der Waals surface area contributed by atoms with Crippen LogP contribution in [0.15, 0.2) is 0 Å². The maximum Gasteiger partial charge on any atom is 2.00 e. The quantitative estimate of drug-likeness (QED) is 0.347. The predicted molar refractivity (Wildman–Crippen MR) is 67.0 cm³/mol. The smallest absolute Gasteiger partial charge is 0.549 e. The van der Waals surface area contributed by atoms with Gasteiger partial charge in [0.05, 0.1) is 11.9 Å². The molecule has 0 bridgehead atoms. The van der Waals surface area contributed by atoms with Gasteiger partial charge in [0.15, 0.2) is 0 Å². The maximum absolute atomic E-state index is 10.1. The zero-order valence-electron chi connectivity index (χ0n) is 11.3. The normalized spacial score (nSPS) is 13.9. The van der Waals surface area contributed by atoms with E-state index in [1.54, 1.807) is 0 Å². The Morgan fingerprint density at radius 2 is 1.05 bits per heavy atom. The summed E-state index contributed by atoms with van der Waals surface area (Å²) in [5.41, 5.74) is 0. The van der Waals surface area contributed by atoms with Crippen molar-refractivity contribution in [1.29, 1.82) is 0 Å². The van der Waals surface area contributed by atoms with Gasteiger partial charge in [0, 0.05) is 0 Å². The molecule has 0 spiro atoms. The van der Waals surface area contributed by atoms with Crippen LogP contribution in [-0.4, -0.2) is 86.1 Å². The van der Waals surface area contributed by atoms with E-state index < -0.39 is 42.7 Å². The Hall–Kier alpha value is 0.0197. The number of hydrogen-bond donors (Lipinski definition) is 2. The second-order valence-corrected chi connectivity index (χ2v) is 6.66. The van der Waals surface area contributed by atoms with Crippen molar-refractivity contribution >= 4 is 69.9 Å². The molecule has 13 heteroatoms. The molecule has 0 aromatic carbocycles. The summed E-state index contributed by atoms with van der Waals surface area (Å²) in [5, 5.41) is 16.3. The van der Waals surface area contributed by atoms with Crippen LogP contribution in [0.4, 0.5) is 0 Å². The van der Waals surface area contributed by atoms with E-state index in [1.807, 2.05) is 0 Å². The number of carboxylic acids is 2. The number of carbonyl (C=O) groups is 2. The first kappa shape index (κ1) is 25.9. The van der Waals surface area contributed by atoms with Gasteiger partial charge >= 0.3 is 37.7 Å². The number of hydrogen-bond acceptors (Lipinski definition) is 8. The van der Waals surface area contributed by atoms with Gasteiger partial charge < -0.3 is 19.8 Å². The number of carboxylic acid groups (broad SMARTS) is 2. The van der Waals surface area contributed by atoms with Crippen molar-refractivity contribution in [1.82, 2.24) is 0 Å². The molecular weight excluding hydrogens is 360 g/mol. The summed E-state index contributed by atoms with van der Waals surface area (Å²) in [4.78, 5) is 19.9. The summed E-state index contributed by atoms with van der Waals surface area (Å²) in [5.74, 6) is -3.55. The fourth-order valence-electron chi connectivity index (χ4n) is 0.998. The molecule has 21 heavy (non-hydrogen) atoms. The maximum atomic E-state index is 10.1. The molecule has 2 N–H and O–H groups in total. The third kappa shape index (κ3) is 11.3. The summed E-state index contributed by atoms with van der Waals surface area (Å²) in [6, 6.07) is 0. The minimum Gasteiger partial charge on any atom is -0.549 e. The molecule has 0 aromatic rings. The van der Waals surface area contributed by atoms with Crippen LogP contribution in [0.5, 0.6) is 0 Å². The average molecular weight is 374 g/mol. The Labute approximate surface area is 152 Å². The molecule has 0 heterocycles. The first-order valence-corrected chi connectivity index (χ1v) is 8.13. The standard InChI is InChI=1S/2C4H8O5S.Ca/c2*1-2-3(4(5)6)10(7,8)9;/h2*3H,2H2,1H3,(H,5,6)(H,7,8,9);/q;;+2/p-2. The fraction of sp³-hybridized carbons (Fsp3) is 0.750. The van der Waals surface area contributed by atoms with E-state index in [0.29, 0.717) is 0 Å². The van der Waals surface area contributed by atoms with E-state index in [4.69, 9.17) is 9.11 Å². The molecule has 0 saturated carbocycles. The van der Waals surface area contributed by atoms with Crippen LogP contribution >= 0.6 is 0 Å². The Morgan fingerprint density at radius 1 is 0.857 bits per heavy atom. The van der Waals surface area contributed by atoms with Crippen LogP contribution < -0.4 is 10.2 Å². The van der Waals surface area contributed by atoms with E-state index >= 15 is 0 Å². The molecule has 10 nitrogen and oxygen atoms in total. The second-order valence-electron chi connectivity index (χ2n) is 3.46. The van der Waals surface area contributed by atoms with Gasteiger partial charge in [-0.15, -0.1) is 0 Å². The number of rotatable bonds is 6. The summed E-state index contributed by atoms with van der Waals surface area (Å²) < 4.78 is 57.0. The van der Waals surface area contributed by atoms with Crippen molar-refractivity contribution in [2.24, 2.45) is 0 Å². The van der Waals surface area contributed by atoms with Crippen LogP contribution in [0.25, 0.3) is 0 Å². The largest absolute Gasteiger partial charge is 2.00 e. The Balaban J connectivity index is -0.000000295. The van der Waals surface area contributed by atoms with Crippen LogP contribution in [0, 0.1) is 0 Å². The van der Waals surface area contributed by atoms with Gasteiger partial charge in [-0.25, -0.2) is 0 Å². The van der Waals surface area contributed by atoms with Crippen LogP contribution in [0.3, 0.4) is 0 Å². The van der Waals surface area contributed by atoms with E-state index in [9.17, 15) is 36.6 Å². The summed E-state index contributed by atoms with van der Waals surface area (Å²) >= 11 is 0. The van der Waals surface area contributed by atoms with Crippen LogP contribution in [0.1, 0.15) is 26.7 Å². The van der Waals surface area contributed by atoms with Gasteiger partial charge in [0.25, 0.3) is 20.2 Å². The van der Waals surface area contributed by atoms with Crippen molar-refractivity contribution in [2.45, 2.75) is 37.2 Å². The monoisotopic (exact) mass is 374 g/mol.